The van der Waals surface area contributed by atoms with Gasteiger partial charge in [-0.05, 0) is 50.0 Å². The summed E-state index contributed by atoms with van der Waals surface area (Å²) < 4.78 is 5.68. The maximum Gasteiger partial charge on any atom is 0.125 e. The van der Waals surface area contributed by atoms with Crippen molar-refractivity contribution >= 4 is 0 Å². The van der Waals surface area contributed by atoms with Gasteiger partial charge in [-0.2, -0.15) is 0 Å². The first-order chi connectivity index (χ1) is 7.24. The summed E-state index contributed by atoms with van der Waals surface area (Å²) in [6.45, 7) is 0. The largest absolute Gasteiger partial charge is 0.458 e. The molecular formula is C12H16N2O. The highest BCUT2D eigenvalue weighted by molar-refractivity contribution is 5.28. The smallest absolute Gasteiger partial charge is 0.125 e. The highest BCUT2D eigenvalue weighted by Gasteiger charge is 2.08. The molecule has 0 aromatic heterocycles. The number of ether oxygens (including phenoxy) is 1. The summed E-state index contributed by atoms with van der Waals surface area (Å²) in [7, 11) is 0. The van der Waals surface area contributed by atoms with Crippen LogP contribution in [0.3, 0.4) is 0 Å². The Balaban J connectivity index is 2.04. The highest BCUT2D eigenvalue weighted by Crippen LogP contribution is 2.21. The van der Waals surface area contributed by atoms with Gasteiger partial charge in [-0.1, -0.05) is 0 Å². The quantitative estimate of drug-likeness (QED) is 0.723. The Labute approximate surface area is 89.8 Å². The van der Waals surface area contributed by atoms with Crippen LogP contribution in [-0.4, -0.2) is 0 Å². The average Bonchev–Trinajstić information content (AvgIpc) is 2.17. The molecule has 0 aromatic carbocycles. The summed E-state index contributed by atoms with van der Waals surface area (Å²) in [4.78, 5) is 0. The molecule has 0 bridgehead atoms. The molecule has 2 aliphatic rings. The van der Waals surface area contributed by atoms with Crippen molar-refractivity contribution in [3.63, 3.8) is 0 Å². The SMILES string of the molecule is NC1=CC(OC2=CCCC(N)=C2)=CCC1. The predicted octanol–water partition coefficient (Wildman–Crippen LogP) is 2.04. The lowest BCUT2D eigenvalue weighted by molar-refractivity contribution is 0.327. The first kappa shape index (κ1) is 9.90. The lowest BCUT2D eigenvalue weighted by Gasteiger charge is -2.15. The number of nitrogens with two attached hydrogens (primary N) is 2. The molecule has 0 saturated carbocycles. The van der Waals surface area contributed by atoms with Crippen LogP contribution in [0, 0.1) is 0 Å². The Bertz CT molecular complexity index is 339. The van der Waals surface area contributed by atoms with E-state index in [4.69, 9.17) is 16.2 Å². The molecule has 0 aromatic rings. The third kappa shape index (κ3) is 2.65. The van der Waals surface area contributed by atoms with Crippen LogP contribution < -0.4 is 11.5 Å². The minimum Gasteiger partial charge on any atom is -0.458 e. The van der Waals surface area contributed by atoms with Crippen molar-refractivity contribution in [1.29, 1.82) is 0 Å². The molecule has 2 rings (SSSR count). The van der Waals surface area contributed by atoms with Crippen molar-refractivity contribution in [3.8, 4) is 0 Å². The Morgan fingerprint density at radius 1 is 0.867 bits per heavy atom. The number of hydrogen-bond donors (Lipinski definition) is 2. The standard InChI is InChI=1S/C12H16N2O/c13-9-3-1-5-11(7-9)15-12-6-2-4-10(14)8-12/h5-8H,1-4,13-14H2. The van der Waals surface area contributed by atoms with Gasteiger partial charge in [0, 0.05) is 11.4 Å². The van der Waals surface area contributed by atoms with Crippen molar-refractivity contribution in [2.75, 3.05) is 0 Å². The van der Waals surface area contributed by atoms with E-state index in [0.717, 1.165) is 48.6 Å². The van der Waals surface area contributed by atoms with Crippen LogP contribution in [0.5, 0.6) is 0 Å². The molecule has 3 heteroatoms. The zero-order chi connectivity index (χ0) is 10.7. The van der Waals surface area contributed by atoms with Crippen LogP contribution in [0.1, 0.15) is 25.7 Å². The summed E-state index contributed by atoms with van der Waals surface area (Å²) >= 11 is 0. The van der Waals surface area contributed by atoms with E-state index >= 15 is 0 Å². The van der Waals surface area contributed by atoms with Gasteiger partial charge < -0.3 is 16.2 Å². The molecule has 0 unspecified atom stereocenters. The zero-order valence-corrected chi connectivity index (χ0v) is 8.70. The van der Waals surface area contributed by atoms with E-state index in [-0.39, 0.29) is 0 Å². The first-order valence-electron chi connectivity index (χ1n) is 5.24. The van der Waals surface area contributed by atoms with Gasteiger partial charge in [-0.3, -0.25) is 0 Å². The van der Waals surface area contributed by atoms with Crippen LogP contribution in [-0.2, 0) is 4.74 Å². The Morgan fingerprint density at radius 3 is 1.73 bits per heavy atom. The molecular weight excluding hydrogens is 188 g/mol. The van der Waals surface area contributed by atoms with Gasteiger partial charge in [-0.15, -0.1) is 0 Å². The maximum atomic E-state index is 5.74. The highest BCUT2D eigenvalue weighted by atomic mass is 16.5. The molecule has 0 fully saturated rings. The lowest BCUT2D eigenvalue weighted by Crippen LogP contribution is -2.06. The monoisotopic (exact) mass is 204 g/mol. The molecule has 3 nitrogen and oxygen atoms in total. The predicted molar refractivity (Wildman–Crippen MR) is 60.3 cm³/mol. The fourth-order valence-electron chi connectivity index (χ4n) is 1.67. The van der Waals surface area contributed by atoms with Gasteiger partial charge in [0.25, 0.3) is 0 Å². The molecule has 0 heterocycles. The average molecular weight is 204 g/mol. The van der Waals surface area contributed by atoms with Crippen molar-refractivity contribution < 1.29 is 4.74 Å². The number of hydrogen-bond acceptors (Lipinski definition) is 3. The zero-order valence-electron chi connectivity index (χ0n) is 8.70. The normalized spacial score (nSPS) is 21.1. The van der Waals surface area contributed by atoms with Crippen LogP contribution in [0.2, 0.25) is 0 Å². The summed E-state index contributed by atoms with van der Waals surface area (Å²) in [6, 6.07) is 0. The minimum atomic E-state index is 0.830. The van der Waals surface area contributed by atoms with Gasteiger partial charge in [0.1, 0.15) is 11.5 Å². The van der Waals surface area contributed by atoms with E-state index in [1.165, 1.54) is 0 Å². The summed E-state index contributed by atoms with van der Waals surface area (Å²) in [5.74, 6) is 1.66. The van der Waals surface area contributed by atoms with E-state index in [9.17, 15) is 0 Å². The van der Waals surface area contributed by atoms with Gasteiger partial charge in [0.15, 0.2) is 0 Å². The Kier molecular flexibility index (Phi) is 2.81. The van der Waals surface area contributed by atoms with Crippen LogP contribution in [0.4, 0.5) is 0 Å². The molecule has 0 aliphatic heterocycles. The van der Waals surface area contributed by atoms with Gasteiger partial charge >= 0.3 is 0 Å². The minimum absolute atomic E-state index is 0.830. The Hall–Kier alpha value is -1.64. The van der Waals surface area contributed by atoms with E-state index < -0.39 is 0 Å². The fourth-order valence-corrected chi connectivity index (χ4v) is 1.67. The fraction of sp³-hybridized carbons (Fsp3) is 0.333. The van der Waals surface area contributed by atoms with Crippen LogP contribution >= 0.6 is 0 Å². The molecule has 0 amide bonds. The molecule has 0 spiro atoms. The van der Waals surface area contributed by atoms with E-state index in [2.05, 4.69) is 12.2 Å². The second kappa shape index (κ2) is 4.26. The van der Waals surface area contributed by atoms with Crippen LogP contribution in [0.15, 0.2) is 47.2 Å². The molecule has 0 saturated heterocycles. The molecule has 2 aliphatic carbocycles. The van der Waals surface area contributed by atoms with Crippen LogP contribution in [0.25, 0.3) is 0 Å². The van der Waals surface area contributed by atoms with E-state index in [1.54, 1.807) is 0 Å². The van der Waals surface area contributed by atoms with Gasteiger partial charge in [0.05, 0.1) is 0 Å². The third-order valence-electron chi connectivity index (χ3n) is 2.45. The second-order valence-corrected chi connectivity index (χ2v) is 3.83. The van der Waals surface area contributed by atoms with Gasteiger partial charge in [0.2, 0.25) is 0 Å². The third-order valence-corrected chi connectivity index (χ3v) is 2.45. The molecule has 15 heavy (non-hydrogen) atoms. The van der Waals surface area contributed by atoms with Crippen molar-refractivity contribution in [3.05, 3.63) is 47.2 Å². The summed E-state index contributed by atoms with van der Waals surface area (Å²) in [5, 5.41) is 0. The van der Waals surface area contributed by atoms with E-state index in [1.807, 2.05) is 12.2 Å². The van der Waals surface area contributed by atoms with E-state index in [0.29, 0.717) is 0 Å². The second-order valence-electron chi connectivity index (χ2n) is 3.83. The molecule has 0 radical (unpaired) electrons. The maximum absolute atomic E-state index is 5.74. The molecule has 4 N–H and O–H groups in total. The molecule has 80 valence electrons. The first-order valence-corrected chi connectivity index (χ1v) is 5.24. The molecule has 0 atom stereocenters. The van der Waals surface area contributed by atoms with Crippen molar-refractivity contribution in [2.45, 2.75) is 25.7 Å². The summed E-state index contributed by atoms with van der Waals surface area (Å²) in [5.41, 5.74) is 13.2. The van der Waals surface area contributed by atoms with Gasteiger partial charge in [-0.25, -0.2) is 0 Å². The van der Waals surface area contributed by atoms with Crippen molar-refractivity contribution in [2.24, 2.45) is 11.5 Å². The summed E-state index contributed by atoms with van der Waals surface area (Å²) in [6.07, 6.45) is 11.6. The number of rotatable bonds is 2. The number of allylic oxidation sites excluding steroid dienone is 6. The van der Waals surface area contributed by atoms with Crippen molar-refractivity contribution in [1.82, 2.24) is 0 Å². The Morgan fingerprint density at radius 2 is 1.33 bits per heavy atom. The lowest BCUT2D eigenvalue weighted by atomic mass is 10.1. The topological polar surface area (TPSA) is 61.3 Å².